The topological polar surface area (TPSA) is 152 Å². The third kappa shape index (κ3) is 6.98. The molecule has 3 amide bonds. The van der Waals surface area contributed by atoms with Crippen molar-refractivity contribution in [3.8, 4) is 0 Å². The molecule has 0 unspecified atom stereocenters. The molecule has 2 aromatic heterocycles. The molecule has 2 fully saturated rings. The Morgan fingerprint density at radius 3 is 2.42 bits per heavy atom. The number of anilines is 3. The maximum absolute atomic E-state index is 12.8. The second-order valence-electron chi connectivity index (χ2n) is 10.4. The summed E-state index contributed by atoms with van der Waals surface area (Å²) in [6.45, 7) is 3.73. The van der Waals surface area contributed by atoms with E-state index in [4.69, 9.17) is 25.4 Å². The van der Waals surface area contributed by atoms with E-state index in [0.29, 0.717) is 56.2 Å². The molecule has 40 heavy (non-hydrogen) atoms. The molecule has 12 heteroatoms. The van der Waals surface area contributed by atoms with Gasteiger partial charge in [-0.05, 0) is 49.9 Å². The van der Waals surface area contributed by atoms with Gasteiger partial charge in [-0.2, -0.15) is 9.97 Å². The number of carbonyl (C=O) groups is 2. The van der Waals surface area contributed by atoms with Crippen LogP contribution >= 0.6 is 0 Å². The average Bonchev–Trinajstić information content (AvgIpc) is 3.65. The molecular formula is C28H39N9O3. The third-order valence-corrected chi connectivity index (χ3v) is 7.52. The number of fused-ring (bicyclic) bond motifs is 1. The van der Waals surface area contributed by atoms with Crippen LogP contribution in [0.25, 0.3) is 11.2 Å². The fourth-order valence-electron chi connectivity index (χ4n) is 5.33. The van der Waals surface area contributed by atoms with Crippen LogP contribution in [-0.4, -0.2) is 75.8 Å². The molecule has 0 spiro atoms. The van der Waals surface area contributed by atoms with Crippen molar-refractivity contribution in [1.29, 1.82) is 0 Å². The summed E-state index contributed by atoms with van der Waals surface area (Å²) in [6, 6.07) is 7.40. The van der Waals surface area contributed by atoms with Crippen molar-refractivity contribution in [3.05, 3.63) is 36.2 Å². The van der Waals surface area contributed by atoms with Gasteiger partial charge in [0.1, 0.15) is 0 Å². The van der Waals surface area contributed by atoms with Crippen LogP contribution in [0.2, 0.25) is 0 Å². The normalized spacial score (nSPS) is 15.8. The number of imidazole rings is 1. The Kier molecular flexibility index (Phi) is 9.27. The predicted octanol–water partition coefficient (Wildman–Crippen LogP) is 3.80. The second kappa shape index (κ2) is 13.4. The van der Waals surface area contributed by atoms with Crippen LogP contribution in [-0.2, 0) is 4.74 Å². The van der Waals surface area contributed by atoms with Gasteiger partial charge in [0.15, 0.2) is 17.0 Å². The minimum absolute atomic E-state index is 0.0187. The number of nitrogens with one attached hydrogen (secondary N) is 3. The second-order valence-corrected chi connectivity index (χ2v) is 10.4. The number of rotatable bonds is 12. The Bertz CT molecular complexity index is 1280. The number of amides is 3. The van der Waals surface area contributed by atoms with Gasteiger partial charge in [-0.1, -0.05) is 25.7 Å². The highest BCUT2D eigenvalue weighted by molar-refractivity contribution is 5.95. The largest absolute Gasteiger partial charge is 0.378 e. The van der Waals surface area contributed by atoms with E-state index >= 15 is 0 Å². The molecule has 0 radical (unpaired) electrons. The van der Waals surface area contributed by atoms with Gasteiger partial charge in [-0.15, -0.1) is 0 Å². The van der Waals surface area contributed by atoms with Crippen molar-refractivity contribution < 1.29 is 14.3 Å². The van der Waals surface area contributed by atoms with Gasteiger partial charge >= 0.3 is 6.03 Å². The van der Waals surface area contributed by atoms with Gasteiger partial charge in [-0.25, -0.2) is 9.78 Å². The molecule has 0 atom stereocenters. The molecule has 3 aromatic rings. The molecule has 1 aliphatic heterocycles. The molecule has 12 nitrogen and oxygen atoms in total. The summed E-state index contributed by atoms with van der Waals surface area (Å²) in [4.78, 5) is 39.8. The monoisotopic (exact) mass is 549 g/mol. The lowest BCUT2D eigenvalue weighted by Gasteiger charge is -2.26. The Balaban J connectivity index is 1.27. The third-order valence-electron chi connectivity index (χ3n) is 7.52. The zero-order chi connectivity index (χ0) is 27.7. The van der Waals surface area contributed by atoms with E-state index in [1.807, 2.05) is 35.5 Å². The van der Waals surface area contributed by atoms with Crippen LogP contribution in [0.15, 0.2) is 30.6 Å². The first-order chi connectivity index (χ1) is 19.6. The molecule has 1 aromatic carbocycles. The molecule has 214 valence electrons. The van der Waals surface area contributed by atoms with Gasteiger partial charge in [0, 0.05) is 43.5 Å². The standard InChI is InChI=1S/C28H39N9O3/c29-27(39)30-13-5-1-2-6-14-31-28-34-24(23-25(35-28)37(19-32-23)22-7-3-4-8-22)33-21-11-9-20(10-12-21)26(38)36-15-17-40-18-16-36/h9-12,19,22H,1-8,13-18H2,(H3,29,30,39)(H2,31,33,34,35). The van der Waals surface area contributed by atoms with Gasteiger partial charge in [0.05, 0.1) is 19.5 Å². The molecule has 1 saturated carbocycles. The van der Waals surface area contributed by atoms with E-state index < -0.39 is 6.03 Å². The Hall–Kier alpha value is -3.93. The van der Waals surface area contributed by atoms with Crippen molar-refractivity contribution in [3.63, 3.8) is 0 Å². The summed E-state index contributed by atoms with van der Waals surface area (Å²) >= 11 is 0. The average molecular weight is 550 g/mol. The van der Waals surface area contributed by atoms with Crippen molar-refractivity contribution >= 4 is 40.6 Å². The van der Waals surface area contributed by atoms with Gasteiger partial charge in [-0.3, -0.25) is 4.79 Å². The Labute approximate surface area is 234 Å². The lowest BCUT2D eigenvalue weighted by Crippen LogP contribution is -2.40. The highest BCUT2D eigenvalue weighted by Crippen LogP contribution is 2.33. The number of benzene rings is 1. The maximum Gasteiger partial charge on any atom is 0.312 e. The minimum atomic E-state index is -0.479. The summed E-state index contributed by atoms with van der Waals surface area (Å²) < 4.78 is 7.55. The number of nitrogens with two attached hydrogens (primary N) is 1. The first kappa shape index (κ1) is 27.6. The Morgan fingerprint density at radius 2 is 1.70 bits per heavy atom. The number of hydrogen-bond donors (Lipinski definition) is 4. The maximum atomic E-state index is 12.8. The molecule has 0 bridgehead atoms. The zero-order valence-corrected chi connectivity index (χ0v) is 22.9. The number of primary amides is 1. The van der Waals surface area contributed by atoms with E-state index in [0.717, 1.165) is 61.9 Å². The van der Waals surface area contributed by atoms with Crippen molar-refractivity contribution in [2.75, 3.05) is 50.0 Å². The number of morpholine rings is 1. The molecule has 1 aliphatic carbocycles. The van der Waals surface area contributed by atoms with Crippen LogP contribution in [0.1, 0.15) is 67.8 Å². The number of unbranched alkanes of at least 4 members (excludes halogenated alkanes) is 3. The van der Waals surface area contributed by atoms with Crippen LogP contribution in [0.5, 0.6) is 0 Å². The van der Waals surface area contributed by atoms with Crippen LogP contribution < -0.4 is 21.7 Å². The van der Waals surface area contributed by atoms with Crippen molar-refractivity contribution in [2.45, 2.75) is 57.4 Å². The lowest BCUT2D eigenvalue weighted by atomic mass is 10.1. The smallest absolute Gasteiger partial charge is 0.312 e. The van der Waals surface area contributed by atoms with E-state index in [-0.39, 0.29) is 5.91 Å². The lowest BCUT2D eigenvalue weighted by molar-refractivity contribution is 0.0303. The Morgan fingerprint density at radius 1 is 0.975 bits per heavy atom. The molecular weight excluding hydrogens is 510 g/mol. The first-order valence-electron chi connectivity index (χ1n) is 14.3. The fraction of sp³-hybridized carbons (Fsp3) is 0.536. The van der Waals surface area contributed by atoms with Crippen LogP contribution in [0.4, 0.5) is 22.2 Å². The molecule has 2 aliphatic rings. The van der Waals surface area contributed by atoms with Gasteiger partial charge in [0.2, 0.25) is 5.95 Å². The molecule has 3 heterocycles. The molecule has 5 rings (SSSR count). The first-order valence-corrected chi connectivity index (χ1v) is 14.3. The van der Waals surface area contributed by atoms with Crippen molar-refractivity contribution in [1.82, 2.24) is 29.7 Å². The number of hydrogen-bond acceptors (Lipinski definition) is 8. The highest BCUT2D eigenvalue weighted by atomic mass is 16.5. The SMILES string of the molecule is NC(=O)NCCCCCCNc1nc(Nc2ccc(C(=O)N3CCOCC3)cc2)c2ncn(C3CCCC3)c2n1. The quantitative estimate of drug-likeness (QED) is 0.249. The number of urea groups is 1. The van der Waals surface area contributed by atoms with E-state index in [1.165, 1.54) is 12.8 Å². The number of aromatic nitrogens is 4. The molecule has 5 N–H and O–H groups in total. The number of ether oxygens (including phenoxy) is 1. The summed E-state index contributed by atoms with van der Waals surface area (Å²) in [7, 11) is 0. The summed E-state index contributed by atoms with van der Waals surface area (Å²) in [5.41, 5.74) is 8.13. The minimum Gasteiger partial charge on any atom is -0.378 e. The summed E-state index contributed by atoms with van der Waals surface area (Å²) in [5.74, 6) is 1.21. The van der Waals surface area contributed by atoms with Crippen molar-refractivity contribution in [2.24, 2.45) is 5.73 Å². The fourth-order valence-corrected chi connectivity index (χ4v) is 5.33. The van der Waals surface area contributed by atoms with E-state index in [2.05, 4.69) is 20.5 Å². The van der Waals surface area contributed by atoms with Crippen LogP contribution in [0, 0.1) is 0 Å². The predicted molar refractivity (Wildman–Crippen MR) is 154 cm³/mol. The van der Waals surface area contributed by atoms with Gasteiger partial charge in [0.25, 0.3) is 5.91 Å². The number of nitrogens with zero attached hydrogens (tertiary/aromatic N) is 5. The highest BCUT2D eigenvalue weighted by Gasteiger charge is 2.22. The summed E-state index contributed by atoms with van der Waals surface area (Å²) in [6.07, 6.45) is 10.5. The van der Waals surface area contributed by atoms with Gasteiger partial charge < -0.3 is 35.9 Å². The number of carbonyl (C=O) groups excluding carboxylic acids is 2. The summed E-state index contributed by atoms with van der Waals surface area (Å²) in [5, 5.41) is 9.42. The zero-order valence-electron chi connectivity index (χ0n) is 22.9. The van der Waals surface area contributed by atoms with E-state index in [9.17, 15) is 9.59 Å². The molecule has 1 saturated heterocycles. The van der Waals surface area contributed by atoms with E-state index in [1.54, 1.807) is 0 Å². The van der Waals surface area contributed by atoms with Crippen LogP contribution in [0.3, 0.4) is 0 Å².